The summed E-state index contributed by atoms with van der Waals surface area (Å²) in [5, 5.41) is 0. The Morgan fingerprint density at radius 1 is 1.11 bits per heavy atom. The SMILES string of the molecule is CCC(=O)C(=O)N1CC[C@@]2(CCCN(Cc3ccc(C(C)C)cc3)C2=O)C1. The van der Waals surface area contributed by atoms with Crippen LogP contribution in [-0.2, 0) is 20.9 Å². The molecule has 1 atom stereocenters. The number of rotatable bonds is 5. The number of carbonyl (C=O) groups excluding carboxylic acids is 3. The molecule has 2 heterocycles. The first-order valence-electron chi connectivity index (χ1n) is 10.1. The van der Waals surface area contributed by atoms with E-state index >= 15 is 0 Å². The molecule has 5 nitrogen and oxygen atoms in total. The van der Waals surface area contributed by atoms with E-state index in [2.05, 4.69) is 38.1 Å². The molecule has 2 saturated heterocycles. The van der Waals surface area contributed by atoms with E-state index in [9.17, 15) is 14.4 Å². The van der Waals surface area contributed by atoms with Crippen molar-refractivity contribution in [3.63, 3.8) is 0 Å². The van der Waals surface area contributed by atoms with Gasteiger partial charge in [0.05, 0.1) is 5.41 Å². The Bertz CT molecular complexity index is 726. The van der Waals surface area contributed by atoms with Gasteiger partial charge in [0.1, 0.15) is 0 Å². The number of hydrogen-bond donors (Lipinski definition) is 0. The summed E-state index contributed by atoms with van der Waals surface area (Å²) in [6.45, 7) is 8.30. The van der Waals surface area contributed by atoms with E-state index in [1.54, 1.807) is 11.8 Å². The summed E-state index contributed by atoms with van der Waals surface area (Å²) in [5.74, 6) is -0.159. The van der Waals surface area contributed by atoms with Gasteiger partial charge in [-0.05, 0) is 36.3 Å². The first-order valence-corrected chi connectivity index (χ1v) is 10.1. The van der Waals surface area contributed by atoms with Crippen LogP contribution in [0.25, 0.3) is 0 Å². The highest BCUT2D eigenvalue weighted by atomic mass is 16.2. The van der Waals surface area contributed by atoms with E-state index in [1.165, 1.54) is 5.56 Å². The van der Waals surface area contributed by atoms with Crippen molar-refractivity contribution in [1.82, 2.24) is 9.80 Å². The highest BCUT2D eigenvalue weighted by Gasteiger charge is 2.49. The van der Waals surface area contributed by atoms with E-state index in [1.807, 2.05) is 4.90 Å². The Balaban J connectivity index is 1.69. The van der Waals surface area contributed by atoms with Gasteiger partial charge in [0.2, 0.25) is 11.7 Å². The molecule has 2 aliphatic heterocycles. The molecule has 0 unspecified atom stereocenters. The van der Waals surface area contributed by atoms with Crippen LogP contribution < -0.4 is 0 Å². The molecule has 0 aliphatic carbocycles. The number of benzene rings is 1. The zero-order valence-electron chi connectivity index (χ0n) is 16.7. The van der Waals surface area contributed by atoms with Crippen LogP contribution >= 0.6 is 0 Å². The molecule has 0 N–H and O–H groups in total. The molecule has 1 aromatic rings. The third kappa shape index (κ3) is 3.92. The van der Waals surface area contributed by atoms with Crippen molar-refractivity contribution in [3.8, 4) is 0 Å². The van der Waals surface area contributed by atoms with Gasteiger partial charge in [-0.3, -0.25) is 14.4 Å². The van der Waals surface area contributed by atoms with Gasteiger partial charge in [-0.15, -0.1) is 0 Å². The van der Waals surface area contributed by atoms with Gasteiger partial charge < -0.3 is 9.80 Å². The lowest BCUT2D eigenvalue weighted by Gasteiger charge is -2.39. The van der Waals surface area contributed by atoms with Gasteiger partial charge >= 0.3 is 0 Å². The molecule has 0 radical (unpaired) electrons. The van der Waals surface area contributed by atoms with Crippen LogP contribution in [0.5, 0.6) is 0 Å². The maximum absolute atomic E-state index is 13.2. The molecule has 3 rings (SSSR count). The molecular formula is C22H30N2O3. The molecule has 2 amide bonds. The lowest BCUT2D eigenvalue weighted by molar-refractivity contribution is -0.148. The number of carbonyl (C=O) groups is 3. The third-order valence-electron chi connectivity index (χ3n) is 6.04. The number of piperidine rings is 1. The third-order valence-corrected chi connectivity index (χ3v) is 6.04. The van der Waals surface area contributed by atoms with Crippen LogP contribution in [0.15, 0.2) is 24.3 Å². The quantitative estimate of drug-likeness (QED) is 0.748. The molecule has 0 saturated carbocycles. The Hall–Kier alpha value is -2.17. The average molecular weight is 370 g/mol. The van der Waals surface area contributed by atoms with Crippen LogP contribution in [0.3, 0.4) is 0 Å². The molecule has 1 spiro atoms. The van der Waals surface area contributed by atoms with E-state index in [4.69, 9.17) is 0 Å². The lowest BCUT2D eigenvalue weighted by Crippen LogP contribution is -2.50. The summed E-state index contributed by atoms with van der Waals surface area (Å²) < 4.78 is 0. The van der Waals surface area contributed by atoms with Gasteiger partial charge in [0, 0.05) is 32.6 Å². The summed E-state index contributed by atoms with van der Waals surface area (Å²) >= 11 is 0. The molecule has 0 bridgehead atoms. The molecular weight excluding hydrogens is 340 g/mol. The van der Waals surface area contributed by atoms with Crippen molar-refractivity contribution < 1.29 is 14.4 Å². The smallest absolute Gasteiger partial charge is 0.289 e. The fourth-order valence-corrected chi connectivity index (χ4v) is 4.28. The summed E-state index contributed by atoms with van der Waals surface area (Å²) in [7, 11) is 0. The lowest BCUT2D eigenvalue weighted by atomic mass is 9.78. The van der Waals surface area contributed by atoms with Crippen LogP contribution in [0, 0.1) is 5.41 Å². The number of likely N-dealkylation sites (tertiary alicyclic amines) is 2. The largest absolute Gasteiger partial charge is 0.338 e. The van der Waals surface area contributed by atoms with Crippen molar-refractivity contribution in [3.05, 3.63) is 35.4 Å². The highest BCUT2D eigenvalue weighted by molar-refractivity contribution is 6.36. The number of amides is 2. The number of Topliss-reactive ketones (excluding diaryl/α,β-unsaturated/α-hetero) is 1. The normalized spacial score (nSPS) is 22.7. The zero-order chi connectivity index (χ0) is 19.6. The Labute approximate surface area is 161 Å². The minimum atomic E-state index is -0.500. The Morgan fingerprint density at radius 2 is 1.81 bits per heavy atom. The van der Waals surface area contributed by atoms with Crippen molar-refractivity contribution in [2.45, 2.75) is 58.9 Å². The Morgan fingerprint density at radius 3 is 2.44 bits per heavy atom. The van der Waals surface area contributed by atoms with Crippen molar-refractivity contribution in [1.29, 1.82) is 0 Å². The van der Waals surface area contributed by atoms with E-state index in [0.29, 0.717) is 32.0 Å². The molecule has 0 aromatic heterocycles. The van der Waals surface area contributed by atoms with E-state index in [-0.39, 0.29) is 18.1 Å². The maximum atomic E-state index is 13.2. The first-order chi connectivity index (χ1) is 12.9. The van der Waals surface area contributed by atoms with Crippen LogP contribution in [0.4, 0.5) is 0 Å². The number of nitrogens with zero attached hydrogens (tertiary/aromatic N) is 2. The molecule has 2 fully saturated rings. The van der Waals surface area contributed by atoms with E-state index in [0.717, 1.165) is 24.9 Å². The second-order valence-electron chi connectivity index (χ2n) is 8.26. The van der Waals surface area contributed by atoms with Gasteiger partial charge in [0.25, 0.3) is 5.91 Å². The van der Waals surface area contributed by atoms with Gasteiger partial charge in [0.15, 0.2) is 0 Å². The van der Waals surface area contributed by atoms with E-state index < -0.39 is 11.3 Å². The van der Waals surface area contributed by atoms with Crippen LogP contribution in [0.2, 0.25) is 0 Å². The molecule has 2 aliphatic rings. The minimum absolute atomic E-state index is 0.140. The van der Waals surface area contributed by atoms with Crippen LogP contribution in [0.1, 0.15) is 63.5 Å². The predicted molar refractivity (Wildman–Crippen MR) is 104 cm³/mol. The Kier molecular flexibility index (Phi) is 5.68. The first kappa shape index (κ1) is 19.6. The second kappa shape index (κ2) is 7.83. The maximum Gasteiger partial charge on any atom is 0.289 e. The van der Waals surface area contributed by atoms with Gasteiger partial charge in [-0.2, -0.15) is 0 Å². The summed E-state index contributed by atoms with van der Waals surface area (Å²) in [6.07, 6.45) is 2.63. The minimum Gasteiger partial charge on any atom is -0.338 e. The van der Waals surface area contributed by atoms with Crippen molar-refractivity contribution >= 4 is 17.6 Å². The average Bonchev–Trinajstić information content (AvgIpc) is 3.09. The van der Waals surface area contributed by atoms with Crippen LogP contribution in [-0.4, -0.2) is 47.0 Å². The fraction of sp³-hybridized carbons (Fsp3) is 0.591. The van der Waals surface area contributed by atoms with Crippen molar-refractivity contribution in [2.75, 3.05) is 19.6 Å². The second-order valence-corrected chi connectivity index (χ2v) is 8.26. The predicted octanol–water partition coefficient (Wildman–Crippen LogP) is 3.13. The molecule has 146 valence electrons. The highest BCUT2D eigenvalue weighted by Crippen LogP contribution is 2.40. The number of ketones is 1. The van der Waals surface area contributed by atoms with Gasteiger partial charge in [-0.1, -0.05) is 45.0 Å². The number of hydrogen-bond acceptors (Lipinski definition) is 3. The summed E-state index contributed by atoms with van der Waals surface area (Å²) in [5.41, 5.74) is 1.93. The fourth-order valence-electron chi connectivity index (χ4n) is 4.28. The molecule has 27 heavy (non-hydrogen) atoms. The van der Waals surface area contributed by atoms with Gasteiger partial charge in [-0.25, -0.2) is 0 Å². The molecule has 1 aromatic carbocycles. The van der Waals surface area contributed by atoms with Crippen molar-refractivity contribution in [2.24, 2.45) is 5.41 Å². The molecule has 5 heteroatoms. The standard InChI is InChI=1S/C22H30N2O3/c1-4-19(25)20(26)24-13-11-22(15-24)10-5-12-23(21(22)27)14-17-6-8-18(9-7-17)16(2)3/h6-9,16H,4-5,10-15H2,1-3H3/t22-/m0/s1. The zero-order valence-corrected chi connectivity index (χ0v) is 16.7. The monoisotopic (exact) mass is 370 g/mol. The summed E-state index contributed by atoms with van der Waals surface area (Å²) in [6, 6.07) is 8.48. The summed E-state index contributed by atoms with van der Waals surface area (Å²) in [4.78, 5) is 40.7. The topological polar surface area (TPSA) is 57.7 Å².